The molecule has 1 aromatic rings. The summed E-state index contributed by atoms with van der Waals surface area (Å²) in [5.41, 5.74) is 0.880. The van der Waals surface area contributed by atoms with Gasteiger partial charge in [-0.25, -0.2) is 0 Å². The standard InChI is InChI=1S/C16H21NO3/c1-5-9-17(10-6-2)16(18)12-13-7-8-14(19-3)15(11-13)20-4/h5-8,11H,1-2,9-10,12H2,3-4H3. The maximum Gasteiger partial charge on any atom is 0.227 e. The third-order valence-electron chi connectivity index (χ3n) is 2.85. The molecule has 0 aliphatic heterocycles. The number of methoxy groups -OCH3 is 2. The lowest BCUT2D eigenvalue weighted by Crippen LogP contribution is -2.32. The zero-order valence-electron chi connectivity index (χ0n) is 12.1. The quantitative estimate of drug-likeness (QED) is 0.684. The van der Waals surface area contributed by atoms with Gasteiger partial charge in [0.05, 0.1) is 20.6 Å². The van der Waals surface area contributed by atoms with E-state index >= 15 is 0 Å². The Labute approximate surface area is 120 Å². The van der Waals surface area contributed by atoms with Gasteiger partial charge < -0.3 is 14.4 Å². The highest BCUT2D eigenvalue weighted by Crippen LogP contribution is 2.27. The predicted octanol–water partition coefficient (Wildman–Crippen LogP) is 2.45. The molecule has 1 aromatic carbocycles. The van der Waals surface area contributed by atoms with Gasteiger partial charge in [0.2, 0.25) is 5.91 Å². The van der Waals surface area contributed by atoms with Crippen molar-refractivity contribution in [2.75, 3.05) is 27.3 Å². The van der Waals surface area contributed by atoms with Crippen molar-refractivity contribution in [2.45, 2.75) is 6.42 Å². The van der Waals surface area contributed by atoms with Gasteiger partial charge in [-0.05, 0) is 17.7 Å². The van der Waals surface area contributed by atoms with Crippen LogP contribution in [0.5, 0.6) is 11.5 Å². The van der Waals surface area contributed by atoms with Gasteiger partial charge in [0, 0.05) is 13.1 Å². The number of nitrogens with zero attached hydrogens (tertiary/aromatic N) is 1. The summed E-state index contributed by atoms with van der Waals surface area (Å²) in [5.74, 6) is 1.30. The first-order valence-electron chi connectivity index (χ1n) is 6.36. The largest absolute Gasteiger partial charge is 0.493 e. The van der Waals surface area contributed by atoms with E-state index in [2.05, 4.69) is 13.2 Å². The van der Waals surface area contributed by atoms with Crippen LogP contribution in [-0.2, 0) is 11.2 Å². The highest BCUT2D eigenvalue weighted by atomic mass is 16.5. The van der Waals surface area contributed by atoms with Gasteiger partial charge in [0.25, 0.3) is 0 Å². The van der Waals surface area contributed by atoms with Crippen LogP contribution < -0.4 is 9.47 Å². The smallest absolute Gasteiger partial charge is 0.227 e. The van der Waals surface area contributed by atoms with Crippen LogP contribution in [0.3, 0.4) is 0 Å². The average molecular weight is 275 g/mol. The predicted molar refractivity (Wildman–Crippen MR) is 80.2 cm³/mol. The number of ether oxygens (including phenoxy) is 2. The Bertz CT molecular complexity index is 473. The van der Waals surface area contributed by atoms with Gasteiger partial charge in [0.15, 0.2) is 11.5 Å². The molecule has 0 aliphatic carbocycles. The molecule has 0 unspecified atom stereocenters. The minimum Gasteiger partial charge on any atom is -0.493 e. The van der Waals surface area contributed by atoms with E-state index in [1.165, 1.54) is 0 Å². The number of rotatable bonds is 8. The lowest BCUT2D eigenvalue weighted by atomic mass is 10.1. The summed E-state index contributed by atoms with van der Waals surface area (Å²) >= 11 is 0. The lowest BCUT2D eigenvalue weighted by Gasteiger charge is -2.19. The number of carbonyl (C=O) groups excluding carboxylic acids is 1. The van der Waals surface area contributed by atoms with E-state index in [9.17, 15) is 4.79 Å². The maximum atomic E-state index is 12.2. The highest BCUT2D eigenvalue weighted by Gasteiger charge is 2.13. The Morgan fingerprint density at radius 1 is 1.15 bits per heavy atom. The summed E-state index contributed by atoms with van der Waals surface area (Å²) in [7, 11) is 3.16. The molecule has 0 radical (unpaired) electrons. The van der Waals surface area contributed by atoms with Gasteiger partial charge in [-0.15, -0.1) is 13.2 Å². The van der Waals surface area contributed by atoms with Crippen LogP contribution >= 0.6 is 0 Å². The maximum absolute atomic E-state index is 12.2. The van der Waals surface area contributed by atoms with Crippen LogP contribution in [0.2, 0.25) is 0 Å². The number of benzene rings is 1. The SMILES string of the molecule is C=CCN(CC=C)C(=O)Cc1ccc(OC)c(OC)c1. The zero-order chi connectivity index (χ0) is 15.0. The van der Waals surface area contributed by atoms with Crippen LogP contribution in [0.25, 0.3) is 0 Å². The molecule has 0 aliphatic rings. The van der Waals surface area contributed by atoms with Crippen LogP contribution in [0, 0.1) is 0 Å². The molecule has 0 saturated heterocycles. The monoisotopic (exact) mass is 275 g/mol. The second-order valence-electron chi connectivity index (χ2n) is 4.24. The second kappa shape index (κ2) is 8.04. The zero-order valence-corrected chi connectivity index (χ0v) is 12.1. The molecule has 0 atom stereocenters. The minimum absolute atomic E-state index is 0.0250. The fourth-order valence-corrected chi connectivity index (χ4v) is 1.87. The molecule has 1 rings (SSSR count). The molecule has 0 spiro atoms. The normalized spacial score (nSPS) is 9.70. The van der Waals surface area contributed by atoms with Crippen molar-refractivity contribution in [3.05, 3.63) is 49.1 Å². The van der Waals surface area contributed by atoms with Crippen molar-refractivity contribution < 1.29 is 14.3 Å². The second-order valence-corrected chi connectivity index (χ2v) is 4.24. The fourth-order valence-electron chi connectivity index (χ4n) is 1.87. The van der Waals surface area contributed by atoms with Crippen LogP contribution in [0.4, 0.5) is 0 Å². The van der Waals surface area contributed by atoms with Crippen molar-refractivity contribution in [3.8, 4) is 11.5 Å². The molecule has 20 heavy (non-hydrogen) atoms. The van der Waals surface area contributed by atoms with Crippen LogP contribution in [0.1, 0.15) is 5.56 Å². The van der Waals surface area contributed by atoms with E-state index in [0.717, 1.165) is 5.56 Å². The van der Waals surface area contributed by atoms with E-state index in [0.29, 0.717) is 31.0 Å². The molecule has 0 bridgehead atoms. The van der Waals surface area contributed by atoms with Crippen LogP contribution in [0.15, 0.2) is 43.5 Å². The van der Waals surface area contributed by atoms with E-state index in [4.69, 9.17) is 9.47 Å². The number of hydrogen-bond donors (Lipinski definition) is 0. The summed E-state index contributed by atoms with van der Waals surface area (Å²) in [6.07, 6.45) is 3.72. The van der Waals surface area contributed by atoms with Crippen LogP contribution in [-0.4, -0.2) is 38.1 Å². The first-order valence-corrected chi connectivity index (χ1v) is 6.36. The molecule has 0 aromatic heterocycles. The van der Waals surface area contributed by atoms with Gasteiger partial charge >= 0.3 is 0 Å². The van der Waals surface area contributed by atoms with E-state index in [1.807, 2.05) is 12.1 Å². The molecule has 0 fully saturated rings. The Kier molecular flexibility index (Phi) is 6.37. The van der Waals surface area contributed by atoms with Gasteiger partial charge in [-0.3, -0.25) is 4.79 Å². The lowest BCUT2D eigenvalue weighted by molar-refractivity contribution is -0.129. The minimum atomic E-state index is 0.0250. The summed E-state index contributed by atoms with van der Waals surface area (Å²) < 4.78 is 10.4. The van der Waals surface area contributed by atoms with Crippen molar-refractivity contribution in [1.29, 1.82) is 0 Å². The Morgan fingerprint density at radius 3 is 2.25 bits per heavy atom. The topological polar surface area (TPSA) is 38.8 Å². The Balaban J connectivity index is 2.83. The molecule has 1 amide bonds. The third kappa shape index (κ3) is 4.16. The van der Waals surface area contributed by atoms with Gasteiger partial charge in [0.1, 0.15) is 0 Å². The van der Waals surface area contributed by atoms with E-state index in [-0.39, 0.29) is 5.91 Å². The van der Waals surface area contributed by atoms with Crippen molar-refractivity contribution in [3.63, 3.8) is 0 Å². The first kappa shape index (κ1) is 15.8. The third-order valence-corrected chi connectivity index (χ3v) is 2.85. The average Bonchev–Trinajstić information content (AvgIpc) is 2.46. The Hall–Kier alpha value is -2.23. The summed E-state index contributed by atoms with van der Waals surface area (Å²) in [6, 6.07) is 5.47. The Morgan fingerprint density at radius 2 is 1.75 bits per heavy atom. The molecular weight excluding hydrogens is 254 g/mol. The highest BCUT2D eigenvalue weighted by molar-refractivity contribution is 5.79. The first-order chi connectivity index (χ1) is 9.65. The number of hydrogen-bond acceptors (Lipinski definition) is 3. The summed E-state index contributed by atoms with van der Waals surface area (Å²) in [5, 5.41) is 0. The molecule has 0 saturated carbocycles. The van der Waals surface area contributed by atoms with Crippen molar-refractivity contribution in [2.24, 2.45) is 0 Å². The summed E-state index contributed by atoms with van der Waals surface area (Å²) in [4.78, 5) is 13.9. The van der Waals surface area contributed by atoms with Gasteiger partial charge in [-0.2, -0.15) is 0 Å². The van der Waals surface area contributed by atoms with Crippen molar-refractivity contribution >= 4 is 5.91 Å². The molecule has 4 heteroatoms. The van der Waals surface area contributed by atoms with E-state index < -0.39 is 0 Å². The number of carbonyl (C=O) groups is 1. The molecule has 4 nitrogen and oxygen atoms in total. The van der Waals surface area contributed by atoms with Crippen molar-refractivity contribution in [1.82, 2.24) is 4.90 Å². The molecule has 0 N–H and O–H groups in total. The van der Waals surface area contributed by atoms with Gasteiger partial charge in [-0.1, -0.05) is 18.2 Å². The molecule has 108 valence electrons. The molecular formula is C16H21NO3. The van der Waals surface area contributed by atoms with E-state index in [1.54, 1.807) is 37.3 Å². The number of amides is 1. The fraction of sp³-hybridized carbons (Fsp3) is 0.312. The summed E-state index contributed by atoms with van der Waals surface area (Å²) in [6.45, 7) is 8.34. The molecule has 0 heterocycles.